The molecule has 1 aromatic carbocycles. The van der Waals surface area contributed by atoms with E-state index in [1.807, 2.05) is 24.6 Å². The van der Waals surface area contributed by atoms with Gasteiger partial charge in [0.25, 0.3) is 0 Å². The molecular formula is C21H30N4O5S. The summed E-state index contributed by atoms with van der Waals surface area (Å²) in [5.41, 5.74) is 2.68. The average Bonchev–Trinajstić information content (AvgIpc) is 3.08. The van der Waals surface area contributed by atoms with Crippen LogP contribution in [0.2, 0.25) is 0 Å². The summed E-state index contributed by atoms with van der Waals surface area (Å²) in [6.45, 7) is 6.52. The number of benzene rings is 1. The number of ether oxygens (including phenoxy) is 2. The number of rotatable bonds is 9. The first-order valence-corrected chi connectivity index (χ1v) is 11.8. The molecule has 0 aliphatic carbocycles. The Morgan fingerprint density at radius 3 is 2.61 bits per heavy atom. The van der Waals surface area contributed by atoms with Gasteiger partial charge in [-0.05, 0) is 44.0 Å². The Kier molecular flexibility index (Phi) is 7.69. The maximum atomic E-state index is 13.1. The van der Waals surface area contributed by atoms with Crippen LogP contribution in [0.15, 0.2) is 29.2 Å². The SMILES string of the molecule is COc1ccc(CC(=O)NCCCn2nc(C)cc2C)cc1S(=O)(=O)N1CCOCC1. The normalized spacial score (nSPS) is 15.1. The molecule has 1 aliphatic rings. The lowest BCUT2D eigenvalue weighted by atomic mass is 10.1. The Balaban J connectivity index is 1.60. The molecule has 2 heterocycles. The first-order valence-electron chi connectivity index (χ1n) is 10.3. The number of amides is 1. The van der Waals surface area contributed by atoms with Gasteiger partial charge in [0.15, 0.2) is 0 Å². The number of aryl methyl sites for hydroxylation is 3. The zero-order chi connectivity index (χ0) is 22.4. The standard InChI is InChI=1S/C21H30N4O5S/c1-16-13-17(2)25(23-16)8-4-7-22-21(26)15-18-5-6-19(29-3)20(14-18)31(27,28)24-9-11-30-12-10-24/h5-6,13-14H,4,7-12,15H2,1-3H3,(H,22,26). The van der Waals surface area contributed by atoms with Crippen LogP contribution in [0.3, 0.4) is 0 Å². The van der Waals surface area contributed by atoms with Crippen molar-refractivity contribution in [1.29, 1.82) is 0 Å². The Bertz CT molecular complexity index is 1010. The molecule has 0 unspecified atom stereocenters. The summed E-state index contributed by atoms with van der Waals surface area (Å²) in [4.78, 5) is 12.4. The molecule has 0 radical (unpaired) electrons. The number of hydrogen-bond acceptors (Lipinski definition) is 6. The fourth-order valence-electron chi connectivity index (χ4n) is 3.56. The molecule has 1 saturated heterocycles. The first-order chi connectivity index (χ1) is 14.8. The van der Waals surface area contributed by atoms with Gasteiger partial charge >= 0.3 is 0 Å². The van der Waals surface area contributed by atoms with Crippen LogP contribution in [0.1, 0.15) is 23.4 Å². The van der Waals surface area contributed by atoms with E-state index in [1.54, 1.807) is 12.1 Å². The minimum atomic E-state index is -3.73. The van der Waals surface area contributed by atoms with Crippen molar-refractivity contribution in [1.82, 2.24) is 19.4 Å². The lowest BCUT2D eigenvalue weighted by molar-refractivity contribution is -0.120. The van der Waals surface area contributed by atoms with Crippen LogP contribution in [-0.4, -0.2) is 68.4 Å². The highest BCUT2D eigenvalue weighted by Gasteiger charge is 2.29. The van der Waals surface area contributed by atoms with E-state index >= 15 is 0 Å². The zero-order valence-electron chi connectivity index (χ0n) is 18.3. The van der Waals surface area contributed by atoms with Crippen LogP contribution in [0.5, 0.6) is 5.75 Å². The molecule has 9 nitrogen and oxygen atoms in total. The molecule has 170 valence electrons. The monoisotopic (exact) mass is 450 g/mol. The maximum Gasteiger partial charge on any atom is 0.246 e. The molecule has 0 saturated carbocycles. The molecule has 1 amide bonds. The van der Waals surface area contributed by atoms with Gasteiger partial charge in [0.05, 0.1) is 32.4 Å². The third kappa shape index (κ3) is 5.84. The highest BCUT2D eigenvalue weighted by molar-refractivity contribution is 7.89. The molecule has 31 heavy (non-hydrogen) atoms. The number of nitrogens with zero attached hydrogens (tertiary/aromatic N) is 3. The topological polar surface area (TPSA) is 103 Å². The van der Waals surface area contributed by atoms with E-state index < -0.39 is 10.0 Å². The molecule has 1 aromatic heterocycles. The van der Waals surface area contributed by atoms with Crippen LogP contribution in [0, 0.1) is 13.8 Å². The van der Waals surface area contributed by atoms with E-state index in [-0.39, 0.29) is 23.0 Å². The van der Waals surface area contributed by atoms with Gasteiger partial charge in [-0.2, -0.15) is 9.40 Å². The molecule has 1 fully saturated rings. The molecule has 2 aromatic rings. The molecule has 0 atom stereocenters. The van der Waals surface area contributed by atoms with E-state index in [1.165, 1.54) is 17.5 Å². The molecular weight excluding hydrogens is 420 g/mol. The number of sulfonamides is 1. The number of hydrogen-bond donors (Lipinski definition) is 1. The molecule has 1 N–H and O–H groups in total. The maximum absolute atomic E-state index is 13.1. The van der Waals surface area contributed by atoms with Crippen molar-refractivity contribution in [2.45, 2.75) is 38.1 Å². The van der Waals surface area contributed by atoms with E-state index in [4.69, 9.17) is 9.47 Å². The fourth-order valence-corrected chi connectivity index (χ4v) is 5.18. The number of methoxy groups -OCH3 is 1. The quantitative estimate of drug-likeness (QED) is 0.578. The van der Waals surface area contributed by atoms with Crippen molar-refractivity contribution in [3.05, 3.63) is 41.2 Å². The molecule has 0 spiro atoms. The molecule has 3 rings (SSSR count). The Hall–Kier alpha value is -2.43. The summed E-state index contributed by atoms with van der Waals surface area (Å²) in [6.07, 6.45) is 0.850. The van der Waals surface area contributed by atoms with Gasteiger partial charge in [0.2, 0.25) is 15.9 Å². The highest BCUT2D eigenvalue weighted by atomic mass is 32.2. The van der Waals surface area contributed by atoms with Gasteiger partial charge in [-0.25, -0.2) is 8.42 Å². The number of carbonyl (C=O) groups is 1. The van der Waals surface area contributed by atoms with Crippen LogP contribution in [0.4, 0.5) is 0 Å². The fraction of sp³-hybridized carbons (Fsp3) is 0.524. The number of carbonyl (C=O) groups excluding carboxylic acids is 1. The summed E-state index contributed by atoms with van der Waals surface area (Å²) in [5.74, 6) is 0.105. The van der Waals surface area contributed by atoms with Crippen LogP contribution in [0.25, 0.3) is 0 Å². The summed E-state index contributed by atoms with van der Waals surface area (Å²) in [7, 11) is -2.30. The second kappa shape index (κ2) is 10.3. The smallest absolute Gasteiger partial charge is 0.246 e. The number of nitrogens with one attached hydrogen (secondary N) is 1. The lowest BCUT2D eigenvalue weighted by Crippen LogP contribution is -2.40. The van der Waals surface area contributed by atoms with Crippen molar-refractivity contribution in [3.8, 4) is 5.75 Å². The van der Waals surface area contributed by atoms with Crippen molar-refractivity contribution in [2.24, 2.45) is 0 Å². The average molecular weight is 451 g/mol. The van der Waals surface area contributed by atoms with Crippen molar-refractivity contribution < 1.29 is 22.7 Å². The Labute approximate surface area is 183 Å². The Morgan fingerprint density at radius 1 is 1.23 bits per heavy atom. The minimum absolute atomic E-state index is 0.0757. The van der Waals surface area contributed by atoms with Crippen LogP contribution >= 0.6 is 0 Å². The summed E-state index contributed by atoms with van der Waals surface area (Å²) in [6, 6.07) is 6.86. The summed E-state index contributed by atoms with van der Waals surface area (Å²) >= 11 is 0. The van der Waals surface area contributed by atoms with E-state index in [2.05, 4.69) is 10.4 Å². The molecule has 1 aliphatic heterocycles. The van der Waals surface area contributed by atoms with E-state index in [0.29, 0.717) is 38.4 Å². The molecule has 0 bridgehead atoms. The summed E-state index contributed by atoms with van der Waals surface area (Å²) < 4.78 is 40.0. The van der Waals surface area contributed by atoms with Gasteiger partial charge < -0.3 is 14.8 Å². The van der Waals surface area contributed by atoms with Gasteiger partial charge in [-0.15, -0.1) is 0 Å². The van der Waals surface area contributed by atoms with Gasteiger partial charge in [-0.1, -0.05) is 6.07 Å². The second-order valence-electron chi connectivity index (χ2n) is 7.53. The van der Waals surface area contributed by atoms with Crippen molar-refractivity contribution in [3.63, 3.8) is 0 Å². The number of aromatic nitrogens is 2. The third-order valence-electron chi connectivity index (χ3n) is 5.15. The second-order valence-corrected chi connectivity index (χ2v) is 9.44. The minimum Gasteiger partial charge on any atom is -0.495 e. The van der Waals surface area contributed by atoms with Crippen molar-refractivity contribution >= 4 is 15.9 Å². The van der Waals surface area contributed by atoms with Crippen LogP contribution < -0.4 is 10.1 Å². The van der Waals surface area contributed by atoms with E-state index in [9.17, 15) is 13.2 Å². The summed E-state index contributed by atoms with van der Waals surface area (Å²) in [5, 5.41) is 7.30. The zero-order valence-corrected chi connectivity index (χ0v) is 19.1. The third-order valence-corrected chi connectivity index (χ3v) is 7.07. The van der Waals surface area contributed by atoms with Crippen LogP contribution in [-0.2, 0) is 32.5 Å². The van der Waals surface area contributed by atoms with Gasteiger partial charge in [-0.3, -0.25) is 9.48 Å². The van der Waals surface area contributed by atoms with Crippen molar-refractivity contribution in [2.75, 3.05) is 40.0 Å². The largest absolute Gasteiger partial charge is 0.495 e. The predicted octanol–water partition coefficient (Wildman–Crippen LogP) is 1.28. The highest BCUT2D eigenvalue weighted by Crippen LogP contribution is 2.28. The van der Waals surface area contributed by atoms with E-state index in [0.717, 1.165) is 24.4 Å². The predicted molar refractivity (Wildman–Crippen MR) is 116 cm³/mol. The van der Waals surface area contributed by atoms with Gasteiger partial charge in [0, 0.05) is 31.9 Å². The Morgan fingerprint density at radius 2 is 1.97 bits per heavy atom. The molecule has 10 heteroatoms. The lowest BCUT2D eigenvalue weighted by Gasteiger charge is -2.26. The van der Waals surface area contributed by atoms with Gasteiger partial charge in [0.1, 0.15) is 10.6 Å². The number of morpholine rings is 1. The first kappa shape index (κ1) is 23.2.